The van der Waals surface area contributed by atoms with Gasteiger partial charge in [0.2, 0.25) is 5.95 Å². The second-order valence-electron chi connectivity index (χ2n) is 7.44. The summed E-state index contributed by atoms with van der Waals surface area (Å²) in [5.74, 6) is -5.42. The number of alkyl halides is 3. The van der Waals surface area contributed by atoms with E-state index in [1.54, 1.807) is 0 Å². The fraction of sp³-hybridized carbons (Fsp3) is 0.174. The molecule has 1 aromatic heterocycles. The summed E-state index contributed by atoms with van der Waals surface area (Å²) in [6, 6.07) is 8.42. The second-order valence-corrected chi connectivity index (χ2v) is 8.96. The molecular formula is C23H19F5N4O4S. The number of hydrogen-bond donors (Lipinski definition) is 2. The normalized spacial score (nSPS) is 12.1. The average Bonchev–Trinajstić information content (AvgIpc) is 2.83. The fourth-order valence-corrected chi connectivity index (χ4v) is 4.07. The Morgan fingerprint density at radius 2 is 1.81 bits per heavy atom. The van der Waals surface area contributed by atoms with Gasteiger partial charge >= 0.3 is 6.18 Å². The van der Waals surface area contributed by atoms with Crippen LogP contribution in [0.15, 0.2) is 53.4 Å². The summed E-state index contributed by atoms with van der Waals surface area (Å²) in [4.78, 5) is 28.3. The Labute approximate surface area is 210 Å². The molecule has 0 aliphatic heterocycles. The molecule has 0 aliphatic rings. The zero-order valence-corrected chi connectivity index (χ0v) is 20.0. The summed E-state index contributed by atoms with van der Waals surface area (Å²) in [7, 11) is 1.24. The number of aryl methyl sites for hydroxylation is 1. The monoisotopic (exact) mass is 542 g/mol. The Bertz CT molecular complexity index is 1340. The van der Waals surface area contributed by atoms with Gasteiger partial charge in [0, 0.05) is 11.8 Å². The minimum Gasteiger partial charge on any atom is -0.588 e. The van der Waals surface area contributed by atoms with Gasteiger partial charge in [0.1, 0.15) is 28.4 Å². The minimum absolute atomic E-state index is 0.00186. The number of nitrogens with one attached hydrogen (secondary N) is 1. The molecule has 1 unspecified atom stereocenters. The molecule has 0 saturated carbocycles. The summed E-state index contributed by atoms with van der Waals surface area (Å²) >= 11 is -2.02. The van der Waals surface area contributed by atoms with Crippen LogP contribution >= 0.6 is 0 Å². The summed E-state index contributed by atoms with van der Waals surface area (Å²) in [5.41, 5.74) is 2.40. The summed E-state index contributed by atoms with van der Waals surface area (Å²) < 4.78 is 87.3. The first-order valence-electron chi connectivity index (χ1n) is 10.3. The SMILES string of the molecule is Cc1nc(F)ccc1Oc1ccc(C(F)(F)F)c(F)c1C(=O)Nc1cccc([S+]([O-])N(C)C(=O)CN)c1. The third-order valence-corrected chi connectivity index (χ3v) is 6.29. The summed E-state index contributed by atoms with van der Waals surface area (Å²) in [6.45, 7) is 0.940. The van der Waals surface area contributed by atoms with E-state index >= 15 is 4.39 Å². The number of ether oxygens (including phenoxy) is 1. The van der Waals surface area contributed by atoms with Crippen LogP contribution in [0.25, 0.3) is 0 Å². The van der Waals surface area contributed by atoms with Gasteiger partial charge in [0.15, 0.2) is 10.7 Å². The van der Waals surface area contributed by atoms with E-state index in [1.807, 2.05) is 0 Å². The number of carbonyl (C=O) groups is 2. The molecule has 1 atom stereocenters. The Morgan fingerprint density at radius 3 is 2.43 bits per heavy atom. The molecule has 3 aromatic rings. The number of nitrogens with two attached hydrogens (primary N) is 1. The Morgan fingerprint density at radius 1 is 1.14 bits per heavy atom. The third-order valence-electron chi connectivity index (χ3n) is 4.93. The molecule has 0 bridgehead atoms. The number of aromatic nitrogens is 1. The highest BCUT2D eigenvalue weighted by molar-refractivity contribution is 7.89. The molecule has 8 nitrogen and oxygen atoms in total. The highest BCUT2D eigenvalue weighted by atomic mass is 32.2. The molecule has 3 rings (SSSR count). The second kappa shape index (κ2) is 11.1. The van der Waals surface area contributed by atoms with E-state index < -0.39 is 64.5 Å². The number of nitrogens with zero attached hydrogens (tertiary/aromatic N) is 2. The Balaban J connectivity index is 2.00. The number of anilines is 1. The number of rotatable bonds is 7. The first-order chi connectivity index (χ1) is 17.3. The Kier molecular flexibility index (Phi) is 8.35. The minimum atomic E-state index is -5.12. The maximum Gasteiger partial charge on any atom is 0.419 e. The van der Waals surface area contributed by atoms with Gasteiger partial charge in [-0.15, -0.1) is 0 Å². The van der Waals surface area contributed by atoms with Gasteiger partial charge in [0.05, 0.1) is 24.8 Å². The zero-order chi connectivity index (χ0) is 27.5. The lowest BCUT2D eigenvalue weighted by molar-refractivity contribution is -0.140. The predicted molar refractivity (Wildman–Crippen MR) is 123 cm³/mol. The van der Waals surface area contributed by atoms with E-state index in [4.69, 9.17) is 10.5 Å². The Hall–Kier alpha value is -3.75. The number of amides is 2. The molecule has 196 valence electrons. The van der Waals surface area contributed by atoms with Crippen molar-refractivity contribution in [3.8, 4) is 11.5 Å². The molecule has 0 aliphatic carbocycles. The van der Waals surface area contributed by atoms with Crippen molar-refractivity contribution in [2.45, 2.75) is 18.0 Å². The largest absolute Gasteiger partial charge is 0.588 e. The van der Waals surface area contributed by atoms with E-state index in [9.17, 15) is 31.7 Å². The number of halogens is 5. The molecule has 0 spiro atoms. The molecule has 0 fully saturated rings. The van der Waals surface area contributed by atoms with Crippen LogP contribution < -0.4 is 15.8 Å². The van der Waals surface area contributed by atoms with Crippen LogP contribution in [0.1, 0.15) is 21.6 Å². The number of benzene rings is 2. The molecule has 37 heavy (non-hydrogen) atoms. The number of pyridine rings is 1. The van der Waals surface area contributed by atoms with Gasteiger partial charge in [-0.1, -0.05) is 6.07 Å². The lowest BCUT2D eigenvalue weighted by Gasteiger charge is -2.19. The standard InChI is InChI=1S/C23H19F5N4O4S/c1-12-16(8-9-18(24)30-12)36-17-7-6-15(23(26,27)28)21(25)20(17)22(34)31-13-4-3-5-14(10-13)37(35)32(2)19(33)11-29/h3-10H,11,29H2,1-2H3,(H,31,34). The van der Waals surface area contributed by atoms with Gasteiger partial charge < -0.3 is 20.3 Å². The van der Waals surface area contributed by atoms with E-state index in [2.05, 4.69) is 10.3 Å². The van der Waals surface area contributed by atoms with Crippen LogP contribution in [0.2, 0.25) is 0 Å². The third kappa shape index (κ3) is 6.34. The van der Waals surface area contributed by atoms with E-state index in [1.165, 1.54) is 38.2 Å². The van der Waals surface area contributed by atoms with Gasteiger partial charge in [-0.25, -0.2) is 9.37 Å². The van der Waals surface area contributed by atoms with E-state index in [0.717, 1.165) is 22.5 Å². The van der Waals surface area contributed by atoms with Crippen LogP contribution in [-0.4, -0.2) is 39.2 Å². The van der Waals surface area contributed by atoms with Crippen molar-refractivity contribution in [2.75, 3.05) is 18.9 Å². The molecular weight excluding hydrogens is 523 g/mol. The molecule has 2 aromatic carbocycles. The topological polar surface area (TPSA) is 121 Å². The van der Waals surface area contributed by atoms with Crippen molar-refractivity contribution in [3.05, 3.63) is 77.1 Å². The van der Waals surface area contributed by atoms with Crippen molar-refractivity contribution in [1.29, 1.82) is 0 Å². The maximum absolute atomic E-state index is 15.0. The van der Waals surface area contributed by atoms with Crippen LogP contribution in [0.5, 0.6) is 11.5 Å². The van der Waals surface area contributed by atoms with Crippen LogP contribution in [0.3, 0.4) is 0 Å². The first kappa shape index (κ1) is 27.8. The van der Waals surface area contributed by atoms with Crippen LogP contribution in [-0.2, 0) is 22.3 Å². The van der Waals surface area contributed by atoms with Crippen molar-refractivity contribution >= 4 is 28.9 Å². The molecule has 0 saturated heterocycles. The van der Waals surface area contributed by atoms with Gasteiger partial charge in [-0.3, -0.25) is 9.59 Å². The van der Waals surface area contributed by atoms with Crippen LogP contribution in [0.4, 0.5) is 27.6 Å². The lowest BCUT2D eigenvalue weighted by Crippen LogP contribution is -2.37. The number of hydrogen-bond acceptors (Lipinski definition) is 6. The van der Waals surface area contributed by atoms with Crippen molar-refractivity contribution in [2.24, 2.45) is 5.73 Å². The average molecular weight is 542 g/mol. The van der Waals surface area contributed by atoms with Crippen molar-refractivity contribution < 1.29 is 40.8 Å². The molecule has 2 amide bonds. The lowest BCUT2D eigenvalue weighted by atomic mass is 10.1. The fourth-order valence-electron chi connectivity index (χ4n) is 3.07. The number of carbonyl (C=O) groups excluding carboxylic acids is 2. The highest BCUT2D eigenvalue weighted by Crippen LogP contribution is 2.38. The summed E-state index contributed by atoms with van der Waals surface area (Å²) in [5, 5.41) is 2.24. The molecule has 3 N–H and O–H groups in total. The first-order valence-corrected chi connectivity index (χ1v) is 11.4. The smallest absolute Gasteiger partial charge is 0.419 e. The molecule has 0 radical (unpaired) electrons. The van der Waals surface area contributed by atoms with Crippen molar-refractivity contribution in [1.82, 2.24) is 9.29 Å². The highest BCUT2D eigenvalue weighted by Gasteiger charge is 2.37. The van der Waals surface area contributed by atoms with Crippen LogP contribution in [0, 0.1) is 18.7 Å². The number of likely N-dealkylation sites (N-methyl/N-ethyl adjacent to an activating group) is 1. The summed E-state index contributed by atoms with van der Waals surface area (Å²) in [6.07, 6.45) is -5.12. The predicted octanol–water partition coefficient (Wildman–Crippen LogP) is 4.17. The quantitative estimate of drug-likeness (QED) is 0.263. The van der Waals surface area contributed by atoms with E-state index in [0.29, 0.717) is 6.07 Å². The van der Waals surface area contributed by atoms with Crippen molar-refractivity contribution in [3.63, 3.8) is 0 Å². The van der Waals surface area contributed by atoms with E-state index in [-0.39, 0.29) is 22.0 Å². The molecule has 14 heteroatoms. The maximum atomic E-state index is 15.0. The van der Waals surface area contributed by atoms with Gasteiger partial charge in [-0.2, -0.15) is 21.9 Å². The van der Waals surface area contributed by atoms with Gasteiger partial charge in [-0.05, 0) is 43.3 Å². The molecule has 1 heterocycles. The van der Waals surface area contributed by atoms with Gasteiger partial charge in [0.25, 0.3) is 11.8 Å². The zero-order valence-electron chi connectivity index (χ0n) is 19.2.